The number of carboxylic acid groups (broad SMARTS) is 1. The van der Waals surface area contributed by atoms with E-state index in [4.69, 9.17) is 9.84 Å². The van der Waals surface area contributed by atoms with Crippen LogP contribution in [0.1, 0.15) is 22.0 Å². The van der Waals surface area contributed by atoms with E-state index in [9.17, 15) is 9.59 Å². The van der Waals surface area contributed by atoms with Crippen molar-refractivity contribution in [2.45, 2.75) is 12.6 Å². The Balaban J connectivity index is 1.72. The average Bonchev–Trinajstić information content (AvgIpc) is 3.21. The van der Waals surface area contributed by atoms with Gasteiger partial charge in [0.05, 0.1) is 7.11 Å². The Hall–Kier alpha value is -4.26. The molecular formula is C26H25N3O4. The molecule has 0 aliphatic heterocycles. The Labute approximate surface area is 191 Å². The van der Waals surface area contributed by atoms with Gasteiger partial charge in [-0.25, -0.2) is 4.79 Å². The van der Waals surface area contributed by atoms with Crippen LogP contribution >= 0.6 is 0 Å². The number of ketones is 1. The second-order valence-electron chi connectivity index (χ2n) is 7.57. The number of nitrogens with zero attached hydrogens (tertiary/aromatic N) is 1. The molecule has 1 heterocycles. The first-order valence-electron chi connectivity index (χ1n) is 10.6. The molecule has 4 rings (SSSR count). The minimum atomic E-state index is -1.07. The zero-order valence-corrected chi connectivity index (χ0v) is 18.2. The predicted octanol–water partition coefficient (Wildman–Crippen LogP) is 4.95. The molecule has 1 atom stereocenters. The van der Waals surface area contributed by atoms with Crippen LogP contribution < -0.4 is 15.4 Å². The first-order chi connectivity index (χ1) is 16.1. The number of benzene rings is 3. The Kier molecular flexibility index (Phi) is 6.59. The van der Waals surface area contributed by atoms with Gasteiger partial charge in [0, 0.05) is 47.5 Å². The third kappa shape index (κ3) is 4.98. The van der Waals surface area contributed by atoms with E-state index in [0.29, 0.717) is 17.9 Å². The smallest absolute Gasteiger partial charge is 0.404 e. The van der Waals surface area contributed by atoms with Crippen LogP contribution in [-0.4, -0.2) is 35.2 Å². The van der Waals surface area contributed by atoms with Crippen LogP contribution in [0.3, 0.4) is 0 Å². The minimum absolute atomic E-state index is 0.0786. The summed E-state index contributed by atoms with van der Waals surface area (Å²) in [5, 5.41) is 15.5. The summed E-state index contributed by atoms with van der Waals surface area (Å²) in [5.74, 6) is 0.618. The topological polar surface area (TPSA) is 92.6 Å². The summed E-state index contributed by atoms with van der Waals surface area (Å²) in [6, 6.07) is 24.1. The number of carbonyl (C=O) groups is 2. The molecule has 0 fully saturated rings. The third-order valence-electron chi connectivity index (χ3n) is 5.46. The van der Waals surface area contributed by atoms with E-state index in [2.05, 4.69) is 10.6 Å². The van der Waals surface area contributed by atoms with E-state index < -0.39 is 12.1 Å². The summed E-state index contributed by atoms with van der Waals surface area (Å²) in [6.45, 7) is 0.658. The fourth-order valence-electron chi connectivity index (χ4n) is 3.89. The van der Waals surface area contributed by atoms with Crippen LogP contribution in [-0.2, 0) is 6.54 Å². The third-order valence-corrected chi connectivity index (χ3v) is 5.46. The number of hydrogen-bond acceptors (Lipinski definition) is 4. The van der Waals surface area contributed by atoms with Crippen molar-refractivity contribution in [2.24, 2.45) is 0 Å². The maximum atomic E-state index is 13.9. The fourth-order valence-corrected chi connectivity index (χ4v) is 3.89. The zero-order valence-electron chi connectivity index (χ0n) is 18.2. The highest BCUT2D eigenvalue weighted by Gasteiger charge is 2.25. The van der Waals surface area contributed by atoms with Gasteiger partial charge in [-0.1, -0.05) is 54.6 Å². The Morgan fingerprint density at radius 1 is 1.00 bits per heavy atom. The van der Waals surface area contributed by atoms with E-state index in [1.165, 1.54) is 0 Å². The van der Waals surface area contributed by atoms with Gasteiger partial charge in [0.25, 0.3) is 0 Å². The summed E-state index contributed by atoms with van der Waals surface area (Å²) in [6.07, 6.45) is 0.731. The molecule has 0 aliphatic carbocycles. The summed E-state index contributed by atoms with van der Waals surface area (Å²) >= 11 is 0. The number of amides is 1. The number of hydrogen-bond donors (Lipinski definition) is 3. The molecule has 0 saturated carbocycles. The van der Waals surface area contributed by atoms with Crippen LogP contribution in [0.5, 0.6) is 5.75 Å². The number of anilines is 1. The van der Waals surface area contributed by atoms with Gasteiger partial charge in [-0.15, -0.1) is 0 Å². The van der Waals surface area contributed by atoms with E-state index in [-0.39, 0.29) is 12.3 Å². The highest BCUT2D eigenvalue weighted by molar-refractivity contribution is 6.11. The van der Waals surface area contributed by atoms with Crippen LogP contribution in [0.2, 0.25) is 0 Å². The second kappa shape index (κ2) is 9.91. The molecule has 7 heteroatoms. The number of ether oxygens (including phenoxy) is 1. The van der Waals surface area contributed by atoms with Gasteiger partial charge in [0.2, 0.25) is 0 Å². The van der Waals surface area contributed by atoms with Gasteiger partial charge in [-0.2, -0.15) is 0 Å². The number of fused-ring (bicyclic) bond motifs is 1. The van der Waals surface area contributed by atoms with Crippen molar-refractivity contribution in [3.8, 4) is 5.75 Å². The van der Waals surface area contributed by atoms with Crippen molar-refractivity contribution in [2.75, 3.05) is 19.0 Å². The Morgan fingerprint density at radius 3 is 2.52 bits per heavy atom. The van der Waals surface area contributed by atoms with Gasteiger partial charge < -0.3 is 25.0 Å². The van der Waals surface area contributed by atoms with E-state index in [0.717, 1.165) is 22.2 Å². The molecule has 1 aromatic heterocycles. The van der Waals surface area contributed by atoms with Gasteiger partial charge in [0.15, 0.2) is 5.78 Å². The number of nitrogens with one attached hydrogen (secondary N) is 2. The number of para-hydroxylation sites is 1. The molecule has 3 N–H and O–H groups in total. The maximum Gasteiger partial charge on any atom is 0.404 e. The van der Waals surface area contributed by atoms with Gasteiger partial charge >= 0.3 is 6.09 Å². The molecule has 0 bridgehead atoms. The van der Waals surface area contributed by atoms with Crippen molar-refractivity contribution in [3.63, 3.8) is 0 Å². The standard InChI is InChI=1S/C26H25N3O4/c1-33-20-11-7-10-19(16-20)28-24(18-8-3-2-4-9-18)25(30)22-17-29(15-14-27-26(31)32)23-13-6-5-12-21(22)23/h2-13,16-17,24,27-28H,14-15H2,1H3,(H,31,32). The van der Waals surface area contributed by atoms with Crippen LogP contribution in [0.4, 0.5) is 10.5 Å². The zero-order chi connectivity index (χ0) is 23.2. The first-order valence-corrected chi connectivity index (χ1v) is 10.6. The average molecular weight is 444 g/mol. The monoisotopic (exact) mass is 443 g/mol. The highest BCUT2D eigenvalue weighted by Crippen LogP contribution is 2.30. The second-order valence-corrected chi connectivity index (χ2v) is 7.57. The number of carbonyl (C=O) groups excluding carboxylic acids is 1. The van der Waals surface area contributed by atoms with Gasteiger partial charge in [0.1, 0.15) is 11.8 Å². The van der Waals surface area contributed by atoms with Crippen molar-refractivity contribution in [3.05, 3.63) is 96.2 Å². The Morgan fingerprint density at radius 2 is 1.76 bits per heavy atom. The van der Waals surface area contributed by atoms with E-state index in [1.807, 2.05) is 83.4 Å². The lowest BCUT2D eigenvalue weighted by Crippen LogP contribution is -2.25. The lowest BCUT2D eigenvalue weighted by molar-refractivity contribution is 0.0970. The summed E-state index contributed by atoms with van der Waals surface area (Å²) in [4.78, 5) is 24.7. The Bertz CT molecular complexity index is 1270. The summed E-state index contributed by atoms with van der Waals surface area (Å²) in [5.41, 5.74) is 3.06. The van der Waals surface area contributed by atoms with Crippen LogP contribution in [0.25, 0.3) is 10.9 Å². The number of aromatic nitrogens is 1. The largest absolute Gasteiger partial charge is 0.497 e. The molecule has 168 valence electrons. The fraction of sp³-hybridized carbons (Fsp3) is 0.154. The molecular weight excluding hydrogens is 418 g/mol. The van der Waals surface area contributed by atoms with Crippen LogP contribution in [0, 0.1) is 0 Å². The van der Waals surface area contributed by atoms with Crippen molar-refractivity contribution >= 4 is 28.5 Å². The quantitative estimate of drug-likeness (QED) is 0.318. The number of Topliss-reactive ketones (excluding diaryl/α,β-unsaturated/α-hetero) is 1. The lowest BCUT2D eigenvalue weighted by atomic mass is 9.96. The van der Waals surface area contributed by atoms with E-state index in [1.54, 1.807) is 13.3 Å². The molecule has 1 amide bonds. The molecule has 0 aliphatic rings. The maximum absolute atomic E-state index is 13.9. The van der Waals surface area contributed by atoms with Crippen molar-refractivity contribution < 1.29 is 19.4 Å². The molecule has 3 aromatic carbocycles. The molecule has 0 radical (unpaired) electrons. The predicted molar refractivity (Wildman–Crippen MR) is 128 cm³/mol. The molecule has 4 aromatic rings. The molecule has 0 spiro atoms. The van der Waals surface area contributed by atoms with Crippen molar-refractivity contribution in [1.29, 1.82) is 0 Å². The minimum Gasteiger partial charge on any atom is -0.497 e. The molecule has 0 saturated heterocycles. The number of rotatable bonds is 9. The summed E-state index contributed by atoms with van der Waals surface area (Å²) < 4.78 is 7.24. The van der Waals surface area contributed by atoms with Crippen LogP contribution in [0.15, 0.2) is 85.1 Å². The molecule has 33 heavy (non-hydrogen) atoms. The normalized spacial score (nSPS) is 11.7. The SMILES string of the molecule is COc1cccc(NC(C(=O)c2cn(CCNC(=O)O)c3ccccc23)c2ccccc2)c1. The molecule has 1 unspecified atom stereocenters. The van der Waals surface area contributed by atoms with Gasteiger partial charge in [-0.05, 0) is 23.8 Å². The summed E-state index contributed by atoms with van der Waals surface area (Å²) in [7, 11) is 1.60. The van der Waals surface area contributed by atoms with Gasteiger partial charge in [-0.3, -0.25) is 4.79 Å². The van der Waals surface area contributed by atoms with Crippen molar-refractivity contribution in [1.82, 2.24) is 9.88 Å². The number of methoxy groups -OCH3 is 1. The lowest BCUT2D eigenvalue weighted by Gasteiger charge is -2.19. The molecule has 7 nitrogen and oxygen atoms in total. The first kappa shape index (κ1) is 22.0. The van der Waals surface area contributed by atoms with E-state index >= 15 is 0 Å². The highest BCUT2D eigenvalue weighted by atomic mass is 16.5.